The van der Waals surface area contributed by atoms with Gasteiger partial charge in [-0.3, -0.25) is 0 Å². The maximum absolute atomic E-state index is 11.8. The van der Waals surface area contributed by atoms with E-state index in [1.807, 2.05) is 48.5 Å². The van der Waals surface area contributed by atoms with Crippen LogP contribution in [-0.4, -0.2) is 29.2 Å². The highest BCUT2D eigenvalue weighted by Gasteiger charge is 2.23. The fraction of sp³-hybridized carbons (Fsp3) is 0.917. The minimum absolute atomic E-state index is 0.0301. The van der Waals surface area contributed by atoms with Crippen LogP contribution < -0.4 is 0 Å². The van der Waals surface area contributed by atoms with Crippen LogP contribution >= 0.6 is 0 Å². The first kappa shape index (κ1) is 14.3. The van der Waals surface area contributed by atoms with Crippen molar-refractivity contribution in [1.29, 1.82) is 0 Å². The lowest BCUT2D eigenvalue weighted by molar-refractivity contribution is 0.0354. The third-order valence-electron chi connectivity index (χ3n) is 2.55. The minimum atomic E-state index is -0.207. The summed E-state index contributed by atoms with van der Waals surface area (Å²) in [6.07, 6.45) is -0.237. The van der Waals surface area contributed by atoms with Gasteiger partial charge in [0, 0.05) is 12.1 Å². The number of ether oxygens (including phenoxy) is 1. The Labute approximate surface area is 93.8 Å². The molecule has 0 radical (unpaired) electrons. The van der Waals surface area contributed by atoms with Crippen molar-refractivity contribution < 1.29 is 9.53 Å². The van der Waals surface area contributed by atoms with E-state index in [9.17, 15) is 4.79 Å². The summed E-state index contributed by atoms with van der Waals surface area (Å²) in [5.41, 5.74) is 0. The average molecular weight is 215 g/mol. The summed E-state index contributed by atoms with van der Waals surface area (Å²) in [7, 11) is 0. The van der Waals surface area contributed by atoms with Crippen molar-refractivity contribution in [2.75, 3.05) is 0 Å². The monoisotopic (exact) mass is 215 g/mol. The van der Waals surface area contributed by atoms with Crippen LogP contribution in [0.25, 0.3) is 0 Å². The molecule has 0 aromatic rings. The molecule has 90 valence electrons. The Morgan fingerprint density at radius 2 is 1.33 bits per heavy atom. The molecule has 1 amide bonds. The fourth-order valence-electron chi connectivity index (χ4n) is 1.37. The second-order valence-corrected chi connectivity index (χ2v) is 4.93. The highest BCUT2D eigenvalue weighted by atomic mass is 16.6. The summed E-state index contributed by atoms with van der Waals surface area (Å²) in [6.45, 7) is 14.0. The lowest BCUT2D eigenvalue weighted by Gasteiger charge is -2.31. The van der Waals surface area contributed by atoms with Crippen LogP contribution in [0.1, 0.15) is 48.5 Å². The van der Waals surface area contributed by atoms with Gasteiger partial charge in [0.2, 0.25) is 0 Å². The first-order chi connectivity index (χ1) is 6.77. The van der Waals surface area contributed by atoms with Gasteiger partial charge in [-0.1, -0.05) is 13.8 Å². The molecular weight excluding hydrogens is 190 g/mol. The lowest BCUT2D eigenvalue weighted by atomic mass is 10.1. The van der Waals surface area contributed by atoms with Crippen molar-refractivity contribution in [2.24, 2.45) is 5.92 Å². The number of nitrogens with zero attached hydrogens (tertiary/aromatic N) is 1. The van der Waals surface area contributed by atoms with Crippen LogP contribution in [0.5, 0.6) is 0 Å². The highest BCUT2D eigenvalue weighted by Crippen LogP contribution is 2.12. The molecule has 0 aliphatic rings. The molecule has 3 heteroatoms. The maximum atomic E-state index is 11.8. The molecule has 0 fully saturated rings. The van der Waals surface area contributed by atoms with E-state index >= 15 is 0 Å². The Hall–Kier alpha value is -0.730. The van der Waals surface area contributed by atoms with Gasteiger partial charge in [0.1, 0.15) is 6.10 Å². The van der Waals surface area contributed by atoms with Crippen LogP contribution in [0.3, 0.4) is 0 Å². The summed E-state index contributed by atoms with van der Waals surface area (Å²) in [5, 5.41) is 0. The fourth-order valence-corrected chi connectivity index (χ4v) is 1.37. The third kappa shape index (κ3) is 4.54. The zero-order chi connectivity index (χ0) is 12.2. The number of hydrogen-bond donors (Lipinski definition) is 0. The van der Waals surface area contributed by atoms with Gasteiger partial charge >= 0.3 is 6.09 Å². The quantitative estimate of drug-likeness (QED) is 0.720. The molecule has 0 saturated carbocycles. The topological polar surface area (TPSA) is 29.5 Å². The normalized spacial score (nSPS) is 13.5. The van der Waals surface area contributed by atoms with Crippen molar-refractivity contribution in [1.82, 2.24) is 4.90 Å². The molecule has 0 N–H and O–H groups in total. The number of rotatable bonds is 4. The van der Waals surface area contributed by atoms with E-state index in [2.05, 4.69) is 0 Å². The molecule has 3 nitrogen and oxygen atoms in total. The zero-order valence-corrected chi connectivity index (χ0v) is 11.1. The zero-order valence-electron chi connectivity index (χ0n) is 11.1. The molecule has 0 aromatic heterocycles. The highest BCUT2D eigenvalue weighted by molar-refractivity contribution is 5.68. The smallest absolute Gasteiger partial charge is 0.410 e. The summed E-state index contributed by atoms with van der Waals surface area (Å²) < 4.78 is 5.38. The predicted molar refractivity (Wildman–Crippen MR) is 62.9 cm³/mol. The Balaban J connectivity index is 4.40. The molecule has 0 aliphatic heterocycles. The van der Waals surface area contributed by atoms with Gasteiger partial charge in [0.05, 0.1) is 0 Å². The molecular formula is C12H25NO2. The van der Waals surface area contributed by atoms with Crippen molar-refractivity contribution >= 4 is 6.09 Å². The molecule has 1 unspecified atom stereocenters. The van der Waals surface area contributed by atoms with E-state index in [4.69, 9.17) is 4.74 Å². The van der Waals surface area contributed by atoms with E-state index in [-0.39, 0.29) is 24.3 Å². The van der Waals surface area contributed by atoms with E-state index in [1.165, 1.54) is 0 Å². The van der Waals surface area contributed by atoms with E-state index in [1.54, 1.807) is 4.90 Å². The van der Waals surface area contributed by atoms with Crippen molar-refractivity contribution in [3.05, 3.63) is 0 Å². The molecule has 0 bridgehead atoms. The van der Waals surface area contributed by atoms with Gasteiger partial charge in [-0.05, 0) is 40.5 Å². The lowest BCUT2D eigenvalue weighted by Crippen LogP contribution is -2.43. The number of carbonyl (C=O) groups is 1. The molecule has 0 rings (SSSR count). The summed E-state index contributed by atoms with van der Waals surface area (Å²) in [6, 6.07) is 0.355. The molecule has 0 aliphatic carbocycles. The number of hydrogen-bond acceptors (Lipinski definition) is 2. The van der Waals surface area contributed by atoms with Crippen LogP contribution in [0.4, 0.5) is 4.79 Å². The first-order valence-corrected chi connectivity index (χ1v) is 5.76. The third-order valence-corrected chi connectivity index (χ3v) is 2.55. The first-order valence-electron chi connectivity index (χ1n) is 5.76. The Morgan fingerprint density at radius 3 is 1.60 bits per heavy atom. The van der Waals surface area contributed by atoms with E-state index in [0.29, 0.717) is 5.92 Å². The van der Waals surface area contributed by atoms with Crippen molar-refractivity contribution in [3.8, 4) is 0 Å². The Kier molecular flexibility index (Phi) is 5.69. The van der Waals surface area contributed by atoms with Crippen LogP contribution in [0.2, 0.25) is 0 Å². The Morgan fingerprint density at radius 1 is 0.933 bits per heavy atom. The summed E-state index contributed by atoms with van der Waals surface area (Å²) in [5.74, 6) is 0.357. The molecule has 15 heavy (non-hydrogen) atoms. The predicted octanol–water partition coefficient (Wildman–Crippen LogP) is 3.29. The van der Waals surface area contributed by atoms with Gasteiger partial charge in [0.15, 0.2) is 0 Å². The average Bonchev–Trinajstić information content (AvgIpc) is 2.01. The SMILES string of the molecule is CC(C)C(C)OC(=O)N(C(C)C)C(C)C. The standard InChI is InChI=1S/C12H25NO2/c1-8(2)11(7)15-12(14)13(9(3)4)10(5)6/h8-11H,1-7H3. The van der Waals surface area contributed by atoms with Gasteiger partial charge in [0.25, 0.3) is 0 Å². The Bertz CT molecular complexity index is 192. The summed E-state index contributed by atoms with van der Waals surface area (Å²) in [4.78, 5) is 13.6. The number of amides is 1. The van der Waals surface area contributed by atoms with Crippen LogP contribution in [-0.2, 0) is 4.74 Å². The second-order valence-electron chi connectivity index (χ2n) is 4.93. The van der Waals surface area contributed by atoms with Gasteiger partial charge in [-0.2, -0.15) is 0 Å². The molecule has 0 aromatic carbocycles. The molecule has 0 spiro atoms. The molecule has 0 saturated heterocycles. The van der Waals surface area contributed by atoms with E-state index in [0.717, 1.165) is 0 Å². The largest absolute Gasteiger partial charge is 0.446 e. The van der Waals surface area contributed by atoms with Gasteiger partial charge in [-0.25, -0.2) is 4.79 Å². The summed E-state index contributed by atoms with van der Waals surface area (Å²) >= 11 is 0. The molecule has 1 atom stereocenters. The number of carbonyl (C=O) groups excluding carboxylic acids is 1. The second kappa shape index (κ2) is 5.99. The van der Waals surface area contributed by atoms with Gasteiger partial charge < -0.3 is 9.64 Å². The van der Waals surface area contributed by atoms with Crippen LogP contribution in [0, 0.1) is 5.92 Å². The minimum Gasteiger partial charge on any atom is -0.446 e. The maximum Gasteiger partial charge on any atom is 0.410 e. The molecule has 0 heterocycles. The van der Waals surface area contributed by atoms with Gasteiger partial charge in [-0.15, -0.1) is 0 Å². The van der Waals surface area contributed by atoms with Crippen LogP contribution in [0.15, 0.2) is 0 Å². The van der Waals surface area contributed by atoms with Crippen molar-refractivity contribution in [2.45, 2.75) is 66.7 Å². The van der Waals surface area contributed by atoms with E-state index < -0.39 is 0 Å². The van der Waals surface area contributed by atoms with Crippen molar-refractivity contribution in [3.63, 3.8) is 0 Å².